The summed E-state index contributed by atoms with van der Waals surface area (Å²) in [6, 6.07) is 2.69. The predicted molar refractivity (Wildman–Crippen MR) is 69.6 cm³/mol. The van der Waals surface area contributed by atoms with Crippen LogP contribution in [-0.4, -0.2) is 15.3 Å². The van der Waals surface area contributed by atoms with Gasteiger partial charge in [0.2, 0.25) is 0 Å². The van der Waals surface area contributed by atoms with E-state index in [2.05, 4.69) is 5.10 Å². The number of halogens is 7. The summed E-state index contributed by atoms with van der Waals surface area (Å²) < 4.78 is 89.3. The number of alkyl halides is 6. The average Bonchev–Trinajstić information content (AvgIpc) is 2.73. The van der Waals surface area contributed by atoms with Gasteiger partial charge in [-0.2, -0.15) is 36.7 Å². The summed E-state index contributed by atoms with van der Waals surface area (Å²) in [5.41, 5.74) is -1.97. The van der Waals surface area contributed by atoms with Gasteiger partial charge in [-0.1, -0.05) is 0 Å². The Hall–Kier alpha value is -2.42. The quantitative estimate of drug-likeness (QED) is 0.639. The fraction of sp³-hybridized carbons (Fsp3) is 0.167. The first-order chi connectivity index (χ1) is 10.9. The first-order valence-electron chi connectivity index (χ1n) is 5.85. The van der Waals surface area contributed by atoms with Gasteiger partial charge in [-0.25, -0.2) is 9.07 Å². The zero-order chi connectivity index (χ0) is 18.3. The first kappa shape index (κ1) is 17.9. The summed E-state index contributed by atoms with van der Waals surface area (Å²) in [6.45, 7) is 0. The predicted octanol–water partition coefficient (Wildman–Crippen LogP) is 4.10. The highest BCUT2D eigenvalue weighted by Crippen LogP contribution is 2.42. The second kappa shape index (κ2) is 5.90. The van der Waals surface area contributed by atoms with Crippen LogP contribution in [0.1, 0.15) is 11.3 Å². The minimum absolute atomic E-state index is 0.152. The van der Waals surface area contributed by atoms with Crippen LogP contribution in [0.25, 0.3) is 5.69 Å². The van der Waals surface area contributed by atoms with E-state index in [0.29, 0.717) is 16.8 Å². The van der Waals surface area contributed by atoms with Crippen molar-refractivity contribution in [3.63, 3.8) is 0 Å². The van der Waals surface area contributed by atoms with Crippen LogP contribution in [0.3, 0.4) is 0 Å². The number of anilines is 1. The van der Waals surface area contributed by atoms with Crippen LogP contribution >= 0.6 is 11.8 Å². The molecule has 0 aliphatic rings. The van der Waals surface area contributed by atoms with E-state index in [4.69, 9.17) is 11.0 Å². The molecule has 12 heteroatoms. The Kier molecular flexibility index (Phi) is 4.40. The van der Waals surface area contributed by atoms with Crippen molar-refractivity contribution in [3.8, 4) is 11.8 Å². The number of aromatic nitrogens is 2. The van der Waals surface area contributed by atoms with Gasteiger partial charge in [0.25, 0.3) is 0 Å². The average molecular weight is 370 g/mol. The van der Waals surface area contributed by atoms with E-state index in [0.717, 1.165) is 0 Å². The number of nitrogens with zero attached hydrogens (tertiary/aromatic N) is 3. The molecule has 4 nitrogen and oxygen atoms in total. The highest BCUT2D eigenvalue weighted by atomic mass is 32.2. The van der Waals surface area contributed by atoms with Crippen LogP contribution in [0.4, 0.5) is 36.6 Å². The van der Waals surface area contributed by atoms with Crippen LogP contribution < -0.4 is 5.73 Å². The van der Waals surface area contributed by atoms with Gasteiger partial charge in [-0.15, -0.1) is 0 Å². The topological polar surface area (TPSA) is 67.6 Å². The molecule has 1 aromatic heterocycles. The summed E-state index contributed by atoms with van der Waals surface area (Å²) in [4.78, 5) is -0.760. The largest absolute Gasteiger partial charge is 0.446 e. The maximum absolute atomic E-state index is 13.9. The molecule has 2 N–H and O–H groups in total. The summed E-state index contributed by atoms with van der Waals surface area (Å²) >= 11 is -0.726. The fourth-order valence-corrected chi connectivity index (χ4v) is 2.35. The van der Waals surface area contributed by atoms with Crippen molar-refractivity contribution in [2.24, 2.45) is 0 Å². The van der Waals surface area contributed by atoms with Crippen LogP contribution in [0, 0.1) is 17.1 Å². The normalized spacial score (nSPS) is 12.2. The van der Waals surface area contributed by atoms with Crippen LogP contribution in [-0.2, 0) is 6.18 Å². The van der Waals surface area contributed by atoms with E-state index in [1.165, 1.54) is 6.07 Å². The Bertz CT molecular complexity index is 817. The monoisotopic (exact) mass is 370 g/mol. The zero-order valence-electron chi connectivity index (χ0n) is 11.2. The van der Waals surface area contributed by atoms with Crippen LogP contribution in [0.5, 0.6) is 0 Å². The first-order valence-corrected chi connectivity index (χ1v) is 6.67. The van der Waals surface area contributed by atoms with Crippen molar-refractivity contribution >= 4 is 17.6 Å². The number of benzene rings is 1. The van der Waals surface area contributed by atoms with Crippen molar-refractivity contribution in [2.75, 3.05) is 5.73 Å². The molecule has 0 bridgehead atoms. The molecule has 0 radical (unpaired) electrons. The molecule has 1 heterocycles. The minimum Gasteiger partial charge on any atom is -0.383 e. The smallest absolute Gasteiger partial charge is 0.383 e. The summed E-state index contributed by atoms with van der Waals surface area (Å²) in [5, 5.41) is 12.2. The van der Waals surface area contributed by atoms with Crippen molar-refractivity contribution in [1.82, 2.24) is 9.78 Å². The summed E-state index contributed by atoms with van der Waals surface area (Å²) in [6.07, 6.45) is -4.80. The van der Waals surface area contributed by atoms with E-state index < -0.39 is 56.9 Å². The molecule has 0 unspecified atom stereocenters. The highest BCUT2D eigenvalue weighted by Gasteiger charge is 2.35. The molecule has 24 heavy (non-hydrogen) atoms. The van der Waals surface area contributed by atoms with Crippen LogP contribution in [0.15, 0.2) is 23.1 Å². The molecule has 128 valence electrons. The van der Waals surface area contributed by atoms with Gasteiger partial charge in [0.05, 0.1) is 10.5 Å². The lowest BCUT2D eigenvalue weighted by atomic mass is 10.2. The molecule has 0 spiro atoms. The van der Waals surface area contributed by atoms with Gasteiger partial charge in [-0.3, -0.25) is 0 Å². The number of nitriles is 1. The fourth-order valence-electron chi connectivity index (χ4n) is 1.74. The van der Waals surface area contributed by atoms with E-state index >= 15 is 0 Å². The van der Waals surface area contributed by atoms with Crippen molar-refractivity contribution in [1.29, 1.82) is 5.26 Å². The Morgan fingerprint density at radius 1 is 1.17 bits per heavy atom. The van der Waals surface area contributed by atoms with Gasteiger partial charge < -0.3 is 5.73 Å². The number of thioether (sulfide) groups is 1. The molecule has 1 aromatic carbocycles. The van der Waals surface area contributed by atoms with E-state index in [-0.39, 0.29) is 6.07 Å². The van der Waals surface area contributed by atoms with E-state index in [9.17, 15) is 30.7 Å². The summed E-state index contributed by atoms with van der Waals surface area (Å²) in [5.74, 6) is -2.13. The van der Waals surface area contributed by atoms with E-state index in [1.54, 1.807) is 0 Å². The molecule has 0 amide bonds. The zero-order valence-corrected chi connectivity index (χ0v) is 12.0. The Morgan fingerprint density at radius 3 is 2.25 bits per heavy atom. The molecule has 0 atom stereocenters. The minimum atomic E-state index is -4.80. The number of hydrogen-bond acceptors (Lipinski definition) is 4. The molecule has 2 aromatic rings. The summed E-state index contributed by atoms with van der Waals surface area (Å²) in [7, 11) is 0. The Balaban J connectivity index is 2.57. The lowest BCUT2D eigenvalue weighted by molar-refractivity contribution is -0.137. The van der Waals surface area contributed by atoms with Gasteiger partial charge in [0, 0.05) is 0 Å². The molecule has 0 fully saturated rings. The third kappa shape index (κ3) is 3.56. The maximum Gasteiger partial charge on any atom is 0.446 e. The maximum atomic E-state index is 13.9. The molecule has 0 saturated heterocycles. The van der Waals surface area contributed by atoms with Gasteiger partial charge in [0.1, 0.15) is 23.4 Å². The van der Waals surface area contributed by atoms with Crippen LogP contribution in [0.2, 0.25) is 0 Å². The molecule has 0 saturated carbocycles. The number of rotatable bonds is 2. The number of hydrogen-bond donors (Lipinski definition) is 1. The number of nitrogen functional groups attached to an aromatic ring is 1. The molecular weight excluding hydrogens is 365 g/mol. The molecule has 0 aliphatic carbocycles. The Morgan fingerprint density at radius 2 is 1.79 bits per heavy atom. The van der Waals surface area contributed by atoms with Crippen molar-refractivity contribution < 1.29 is 30.7 Å². The van der Waals surface area contributed by atoms with Gasteiger partial charge in [0.15, 0.2) is 5.69 Å². The second-order valence-electron chi connectivity index (χ2n) is 4.30. The Labute approximate surface area is 133 Å². The van der Waals surface area contributed by atoms with Gasteiger partial charge in [-0.05, 0) is 30.0 Å². The highest BCUT2D eigenvalue weighted by molar-refractivity contribution is 8.00. The molecule has 2 rings (SSSR count). The van der Waals surface area contributed by atoms with Gasteiger partial charge >= 0.3 is 11.7 Å². The lowest BCUT2D eigenvalue weighted by Gasteiger charge is -2.10. The SMILES string of the molecule is N#Cc1nn(-c2ccc(C(F)(F)F)cc2F)c(N)c1SC(F)(F)F. The van der Waals surface area contributed by atoms with Crippen molar-refractivity contribution in [2.45, 2.75) is 16.6 Å². The second-order valence-corrected chi connectivity index (χ2v) is 5.37. The molecule has 0 aliphatic heterocycles. The van der Waals surface area contributed by atoms with E-state index in [1.807, 2.05) is 0 Å². The third-order valence-corrected chi connectivity index (χ3v) is 3.54. The third-order valence-electron chi connectivity index (χ3n) is 2.70. The van der Waals surface area contributed by atoms with Crippen molar-refractivity contribution in [3.05, 3.63) is 35.3 Å². The standard InChI is InChI=1S/C12H5F7N4S/c13-6-3-5(11(14,15)16)1-2-8(6)23-10(21)9(7(4-20)22-23)24-12(17,18)19/h1-3H,21H2. The number of nitrogens with two attached hydrogens (primary N) is 1. The lowest BCUT2D eigenvalue weighted by Crippen LogP contribution is -2.09. The molecular formula is C12H5F7N4S.